The van der Waals surface area contributed by atoms with Gasteiger partial charge in [0.15, 0.2) is 0 Å². The van der Waals surface area contributed by atoms with Gasteiger partial charge in [-0.15, -0.1) is 11.3 Å². The summed E-state index contributed by atoms with van der Waals surface area (Å²) in [6.07, 6.45) is 2.22. The van der Waals surface area contributed by atoms with Crippen molar-refractivity contribution < 1.29 is 13.3 Å². The maximum atomic E-state index is 12.7. The Morgan fingerprint density at radius 2 is 2.04 bits per heavy atom. The van der Waals surface area contributed by atoms with E-state index in [0.29, 0.717) is 5.56 Å². The van der Waals surface area contributed by atoms with E-state index in [-0.39, 0.29) is 23.2 Å². The van der Waals surface area contributed by atoms with Crippen LogP contribution in [0.25, 0.3) is 0 Å². The highest BCUT2D eigenvalue weighted by Crippen LogP contribution is 2.28. The van der Waals surface area contributed by atoms with Gasteiger partial charge >= 0.3 is 0 Å². The maximum Gasteiger partial charge on any atom is 0.273 e. The number of nitro benzene ring substituents is 1. The molecule has 3 rings (SSSR count). The number of hydrogen-bond acceptors (Lipinski definition) is 6. The molecule has 2 aromatic rings. The molecule has 1 N–H and O–H groups in total. The quantitative estimate of drug-likeness (QED) is 0.574. The van der Waals surface area contributed by atoms with Gasteiger partial charge in [0, 0.05) is 23.1 Å². The van der Waals surface area contributed by atoms with Crippen LogP contribution in [0.3, 0.4) is 0 Å². The Morgan fingerprint density at radius 3 is 2.65 bits per heavy atom. The molecule has 0 radical (unpaired) electrons. The molecule has 1 aromatic carbocycles. The summed E-state index contributed by atoms with van der Waals surface area (Å²) >= 11 is 1.61. The van der Waals surface area contributed by atoms with Crippen molar-refractivity contribution in [1.82, 2.24) is 9.62 Å². The van der Waals surface area contributed by atoms with E-state index in [9.17, 15) is 18.5 Å². The summed E-state index contributed by atoms with van der Waals surface area (Å²) in [6.45, 7) is 3.72. The molecular formula is C17H21N3O4S2. The molecule has 0 spiro atoms. The smallest absolute Gasteiger partial charge is 0.273 e. The second-order valence-electron chi connectivity index (χ2n) is 6.33. The topological polar surface area (TPSA) is 92.6 Å². The third kappa shape index (κ3) is 4.12. The Balaban J connectivity index is 1.80. The van der Waals surface area contributed by atoms with Crippen molar-refractivity contribution >= 4 is 27.0 Å². The lowest BCUT2D eigenvalue weighted by molar-refractivity contribution is -0.385. The minimum absolute atomic E-state index is 0.0206. The molecule has 1 fully saturated rings. The molecule has 0 bridgehead atoms. The van der Waals surface area contributed by atoms with Crippen molar-refractivity contribution in [3.8, 4) is 0 Å². The molecule has 0 saturated carbocycles. The highest BCUT2D eigenvalue weighted by molar-refractivity contribution is 7.89. The summed E-state index contributed by atoms with van der Waals surface area (Å²) in [5.41, 5.74) is 0.240. The summed E-state index contributed by atoms with van der Waals surface area (Å²) in [7, 11) is -3.83. The zero-order chi connectivity index (χ0) is 18.7. The van der Waals surface area contributed by atoms with Crippen LogP contribution in [-0.2, 0) is 10.0 Å². The molecule has 0 aliphatic carbocycles. The summed E-state index contributed by atoms with van der Waals surface area (Å²) in [5, 5.41) is 13.1. The van der Waals surface area contributed by atoms with E-state index >= 15 is 0 Å². The van der Waals surface area contributed by atoms with Gasteiger partial charge in [-0.25, -0.2) is 13.1 Å². The predicted molar refractivity (Wildman–Crippen MR) is 101 cm³/mol. The molecule has 9 heteroatoms. The molecule has 0 amide bonds. The fourth-order valence-corrected chi connectivity index (χ4v) is 5.09. The fraction of sp³-hybridized carbons (Fsp3) is 0.412. The van der Waals surface area contributed by atoms with Crippen molar-refractivity contribution in [3.63, 3.8) is 0 Å². The van der Waals surface area contributed by atoms with Crippen molar-refractivity contribution in [2.75, 3.05) is 19.6 Å². The normalized spacial score (nSPS) is 16.7. The third-order valence-electron chi connectivity index (χ3n) is 4.61. The number of nitro groups is 1. The van der Waals surface area contributed by atoms with Crippen molar-refractivity contribution in [3.05, 3.63) is 56.3 Å². The van der Waals surface area contributed by atoms with E-state index < -0.39 is 14.9 Å². The Bertz CT molecular complexity index is 875. The number of likely N-dealkylation sites (tertiary alicyclic amines) is 1. The zero-order valence-electron chi connectivity index (χ0n) is 14.4. The Labute approximate surface area is 156 Å². The molecule has 1 saturated heterocycles. The summed E-state index contributed by atoms with van der Waals surface area (Å²) in [4.78, 5) is 13.8. The molecule has 1 aromatic heterocycles. The molecule has 26 heavy (non-hydrogen) atoms. The molecule has 1 atom stereocenters. The number of nitrogens with one attached hydrogen (secondary N) is 1. The minimum Gasteiger partial charge on any atom is -0.294 e. The average molecular weight is 396 g/mol. The van der Waals surface area contributed by atoms with Crippen LogP contribution < -0.4 is 4.72 Å². The Morgan fingerprint density at radius 1 is 1.31 bits per heavy atom. The van der Waals surface area contributed by atoms with Crippen molar-refractivity contribution in [2.45, 2.75) is 30.7 Å². The van der Waals surface area contributed by atoms with E-state index in [1.807, 2.05) is 17.5 Å². The number of thiophene rings is 1. The molecule has 7 nitrogen and oxygen atoms in total. The van der Waals surface area contributed by atoms with Gasteiger partial charge in [-0.1, -0.05) is 12.1 Å². The second kappa shape index (κ2) is 7.83. The maximum absolute atomic E-state index is 12.7. The predicted octanol–water partition coefficient (Wildman–Crippen LogP) is 3.08. The largest absolute Gasteiger partial charge is 0.294 e. The molecule has 1 aliphatic rings. The second-order valence-corrected chi connectivity index (χ2v) is 9.08. The standard InChI is InChI=1S/C17H21N3O4S2/c1-13-6-7-14(11-15(13)20(21)22)26(23,24)18-12-16(17-5-4-10-25-17)19-8-2-3-9-19/h4-7,10-11,16,18H,2-3,8-9,12H2,1H3. The van der Waals surface area contributed by atoms with Crippen LogP contribution in [0.5, 0.6) is 0 Å². The minimum atomic E-state index is -3.83. The lowest BCUT2D eigenvalue weighted by Crippen LogP contribution is -2.36. The van der Waals surface area contributed by atoms with Crippen LogP contribution in [0.15, 0.2) is 40.6 Å². The lowest BCUT2D eigenvalue weighted by Gasteiger charge is -2.26. The van der Waals surface area contributed by atoms with Gasteiger partial charge in [-0.3, -0.25) is 15.0 Å². The number of rotatable bonds is 7. The Hall–Kier alpha value is -1.81. The highest BCUT2D eigenvalue weighted by atomic mass is 32.2. The van der Waals surface area contributed by atoms with Crippen LogP contribution in [0.1, 0.15) is 29.3 Å². The van der Waals surface area contributed by atoms with E-state index in [1.54, 1.807) is 18.3 Å². The summed E-state index contributed by atoms with van der Waals surface area (Å²) in [6, 6.07) is 7.94. The van der Waals surface area contributed by atoms with E-state index in [4.69, 9.17) is 0 Å². The molecule has 1 aliphatic heterocycles. The van der Waals surface area contributed by atoms with Crippen LogP contribution in [0.2, 0.25) is 0 Å². The average Bonchev–Trinajstić information content (AvgIpc) is 3.29. The van der Waals surface area contributed by atoms with Gasteiger partial charge in [-0.05, 0) is 50.4 Å². The number of sulfonamides is 1. The lowest BCUT2D eigenvalue weighted by atomic mass is 10.2. The SMILES string of the molecule is Cc1ccc(S(=O)(=O)NCC(c2cccs2)N2CCCC2)cc1[N+](=O)[O-]. The van der Waals surface area contributed by atoms with Gasteiger partial charge in [0.2, 0.25) is 10.0 Å². The van der Waals surface area contributed by atoms with Crippen LogP contribution in [0.4, 0.5) is 5.69 Å². The summed E-state index contributed by atoms with van der Waals surface area (Å²) in [5.74, 6) is 0. The van der Waals surface area contributed by atoms with Crippen LogP contribution >= 0.6 is 11.3 Å². The summed E-state index contributed by atoms with van der Waals surface area (Å²) < 4.78 is 28.0. The number of aryl methyl sites for hydroxylation is 1. The number of nitrogens with zero attached hydrogens (tertiary/aromatic N) is 2. The van der Waals surface area contributed by atoms with E-state index in [0.717, 1.165) is 36.9 Å². The van der Waals surface area contributed by atoms with E-state index in [1.165, 1.54) is 12.1 Å². The highest BCUT2D eigenvalue weighted by Gasteiger charge is 2.27. The molecule has 2 heterocycles. The van der Waals surface area contributed by atoms with Crippen LogP contribution in [-0.4, -0.2) is 37.9 Å². The van der Waals surface area contributed by atoms with Gasteiger partial charge in [-0.2, -0.15) is 0 Å². The first-order chi connectivity index (χ1) is 12.4. The monoisotopic (exact) mass is 395 g/mol. The Kier molecular flexibility index (Phi) is 5.71. The first-order valence-corrected chi connectivity index (χ1v) is 10.8. The van der Waals surface area contributed by atoms with Crippen LogP contribution in [0, 0.1) is 17.0 Å². The number of benzene rings is 1. The van der Waals surface area contributed by atoms with Gasteiger partial charge < -0.3 is 0 Å². The number of hydrogen-bond donors (Lipinski definition) is 1. The van der Waals surface area contributed by atoms with E-state index in [2.05, 4.69) is 9.62 Å². The van der Waals surface area contributed by atoms with Gasteiger partial charge in [0.25, 0.3) is 5.69 Å². The van der Waals surface area contributed by atoms with Crippen molar-refractivity contribution in [2.24, 2.45) is 0 Å². The van der Waals surface area contributed by atoms with Crippen molar-refractivity contribution in [1.29, 1.82) is 0 Å². The molecule has 140 valence electrons. The zero-order valence-corrected chi connectivity index (χ0v) is 16.1. The third-order valence-corrected chi connectivity index (χ3v) is 7.00. The van der Waals surface area contributed by atoms with Gasteiger partial charge in [0.1, 0.15) is 0 Å². The fourth-order valence-electron chi connectivity index (χ4n) is 3.17. The first-order valence-electron chi connectivity index (χ1n) is 8.40. The van der Waals surface area contributed by atoms with Gasteiger partial charge in [0.05, 0.1) is 15.9 Å². The molecular weight excluding hydrogens is 374 g/mol. The first kappa shape index (κ1) is 19.0. The molecule has 1 unspecified atom stereocenters.